The summed E-state index contributed by atoms with van der Waals surface area (Å²) in [6, 6.07) is 5.08. The van der Waals surface area contributed by atoms with Crippen LogP contribution in [-0.2, 0) is 0 Å². The van der Waals surface area contributed by atoms with Crippen LogP contribution in [0.4, 0.5) is 18.9 Å². The molecule has 0 aliphatic carbocycles. The fourth-order valence-corrected chi connectivity index (χ4v) is 3.17. The first-order valence-electron chi connectivity index (χ1n) is 8.24. The number of rotatable bonds is 7. The number of nitrogens with one attached hydrogen (secondary N) is 1. The van der Waals surface area contributed by atoms with E-state index in [4.69, 9.17) is 22.1 Å². The van der Waals surface area contributed by atoms with Gasteiger partial charge in [-0.05, 0) is 24.3 Å². The van der Waals surface area contributed by atoms with Gasteiger partial charge in [-0.25, -0.2) is 18.2 Å². The maximum atomic E-state index is 14.2. The molecule has 1 atom stereocenters. The Labute approximate surface area is 172 Å². The summed E-state index contributed by atoms with van der Waals surface area (Å²) in [4.78, 5) is 16.3. The summed E-state index contributed by atoms with van der Waals surface area (Å²) in [7, 11) is 0. The van der Waals surface area contributed by atoms with Crippen LogP contribution in [0.5, 0.6) is 5.06 Å². The van der Waals surface area contributed by atoms with Gasteiger partial charge >= 0.3 is 0 Å². The van der Waals surface area contributed by atoms with E-state index >= 15 is 0 Å². The molecule has 0 fully saturated rings. The van der Waals surface area contributed by atoms with Gasteiger partial charge in [0.1, 0.15) is 40.6 Å². The molecule has 0 bridgehead atoms. The summed E-state index contributed by atoms with van der Waals surface area (Å²) in [5, 5.41) is 2.79. The van der Waals surface area contributed by atoms with E-state index in [1.807, 2.05) is 0 Å². The highest BCUT2D eigenvalue weighted by Gasteiger charge is 2.21. The second kappa shape index (κ2) is 9.21. The number of aromatic nitrogens is 2. The zero-order valence-electron chi connectivity index (χ0n) is 14.7. The molecule has 0 radical (unpaired) electrons. The van der Waals surface area contributed by atoms with Crippen LogP contribution in [0, 0.1) is 17.5 Å². The number of alkyl halides is 1. The van der Waals surface area contributed by atoms with Gasteiger partial charge in [0, 0.05) is 18.1 Å². The molecule has 29 heavy (non-hydrogen) atoms. The minimum absolute atomic E-state index is 0.138. The number of carbonyl (C=O) groups excluding carboxylic acids is 1. The number of nitrogens with two attached hydrogens (primary N) is 1. The van der Waals surface area contributed by atoms with Gasteiger partial charge in [0.15, 0.2) is 0 Å². The molecule has 3 rings (SSSR count). The Bertz CT molecular complexity index is 1010. The first kappa shape index (κ1) is 21.0. The van der Waals surface area contributed by atoms with Crippen molar-refractivity contribution >= 4 is 34.7 Å². The van der Waals surface area contributed by atoms with Crippen LogP contribution < -0.4 is 15.8 Å². The number of pyridine rings is 1. The van der Waals surface area contributed by atoms with Gasteiger partial charge in [0.2, 0.25) is 5.06 Å². The van der Waals surface area contributed by atoms with Crippen molar-refractivity contribution in [2.45, 2.75) is 6.10 Å². The van der Waals surface area contributed by atoms with Crippen molar-refractivity contribution in [3.63, 3.8) is 0 Å². The summed E-state index contributed by atoms with van der Waals surface area (Å²) in [5.74, 6) is -3.58. The number of hydrogen-bond donors (Lipinski definition) is 2. The number of hydrogen-bond acceptors (Lipinski definition) is 6. The van der Waals surface area contributed by atoms with Crippen LogP contribution in [0.15, 0.2) is 36.5 Å². The molecule has 2 aromatic heterocycles. The van der Waals surface area contributed by atoms with E-state index in [9.17, 15) is 18.0 Å². The smallest absolute Gasteiger partial charge is 0.274 e. The Morgan fingerprint density at radius 3 is 2.59 bits per heavy atom. The molecule has 2 heterocycles. The van der Waals surface area contributed by atoms with Crippen molar-refractivity contribution < 1.29 is 22.7 Å². The van der Waals surface area contributed by atoms with E-state index < -0.39 is 40.7 Å². The van der Waals surface area contributed by atoms with Crippen LogP contribution in [-0.4, -0.2) is 33.8 Å². The van der Waals surface area contributed by atoms with Crippen LogP contribution in [0.1, 0.15) is 10.5 Å². The number of carbonyl (C=O) groups is 1. The van der Waals surface area contributed by atoms with E-state index in [2.05, 4.69) is 14.7 Å². The van der Waals surface area contributed by atoms with E-state index in [0.29, 0.717) is 0 Å². The molecule has 1 amide bonds. The predicted octanol–water partition coefficient (Wildman–Crippen LogP) is 3.82. The third-order valence-electron chi connectivity index (χ3n) is 3.77. The van der Waals surface area contributed by atoms with E-state index in [0.717, 1.165) is 41.9 Å². The Morgan fingerprint density at radius 1 is 1.21 bits per heavy atom. The lowest BCUT2D eigenvalue weighted by Gasteiger charge is -2.14. The molecule has 0 aliphatic rings. The Morgan fingerprint density at radius 2 is 1.93 bits per heavy atom. The maximum Gasteiger partial charge on any atom is 0.274 e. The van der Waals surface area contributed by atoms with Gasteiger partial charge in [-0.3, -0.25) is 4.79 Å². The minimum atomic E-state index is -0.999. The highest BCUT2D eigenvalue weighted by atomic mass is 35.5. The average Bonchev–Trinajstić information content (AvgIpc) is 3.13. The third-order valence-corrected chi connectivity index (χ3v) is 4.81. The molecule has 1 unspecified atom stereocenters. The zero-order valence-corrected chi connectivity index (χ0v) is 16.2. The second-order valence-corrected chi connectivity index (χ2v) is 6.81. The molecular formula is C18H14ClF3N4O2S. The monoisotopic (exact) mass is 442 g/mol. The van der Waals surface area contributed by atoms with Crippen molar-refractivity contribution in [2.75, 3.05) is 17.7 Å². The lowest BCUT2D eigenvalue weighted by atomic mass is 10.1. The number of halogens is 4. The molecule has 3 aromatic rings. The first-order valence-corrected chi connectivity index (χ1v) is 9.55. The SMILES string of the molecule is NCC(CCl)Oc1sncc1NC(=O)c1ccc(F)c(-c2c(F)cccc2F)n1. The van der Waals surface area contributed by atoms with Crippen LogP contribution >= 0.6 is 23.1 Å². The molecule has 1 aromatic carbocycles. The standard InChI is InChI=1S/C18H14ClF3N4O2S/c19-6-9(7-23)28-18-14(8-24-29-18)26-17(27)13-5-4-12(22)16(25-13)15-10(20)2-1-3-11(15)21/h1-5,8-9H,6-7,23H2,(H,26,27). The Hall–Kier alpha value is -2.69. The number of anilines is 1. The molecule has 152 valence electrons. The van der Waals surface area contributed by atoms with Crippen LogP contribution in [0.25, 0.3) is 11.3 Å². The third kappa shape index (κ3) is 4.66. The number of nitrogens with zero attached hydrogens (tertiary/aromatic N) is 2. The van der Waals surface area contributed by atoms with Crippen LogP contribution in [0.3, 0.4) is 0 Å². The molecule has 3 N–H and O–H groups in total. The van der Waals surface area contributed by atoms with Crippen molar-refractivity contribution in [1.29, 1.82) is 0 Å². The highest BCUT2D eigenvalue weighted by Crippen LogP contribution is 2.31. The molecular weight excluding hydrogens is 429 g/mol. The molecule has 0 saturated heterocycles. The van der Waals surface area contributed by atoms with Crippen molar-refractivity contribution in [3.05, 3.63) is 59.7 Å². The average molecular weight is 443 g/mol. The Kier molecular flexibility index (Phi) is 6.68. The second-order valence-electron chi connectivity index (χ2n) is 5.73. The van der Waals surface area contributed by atoms with Gasteiger partial charge < -0.3 is 15.8 Å². The van der Waals surface area contributed by atoms with Crippen molar-refractivity contribution in [1.82, 2.24) is 9.36 Å². The highest BCUT2D eigenvalue weighted by molar-refractivity contribution is 7.08. The fourth-order valence-electron chi connectivity index (χ4n) is 2.35. The summed E-state index contributed by atoms with van der Waals surface area (Å²) < 4.78 is 51.7. The number of benzene rings is 1. The van der Waals surface area contributed by atoms with Crippen LogP contribution in [0.2, 0.25) is 0 Å². The van der Waals surface area contributed by atoms with Gasteiger partial charge in [-0.2, -0.15) is 4.37 Å². The fraction of sp³-hybridized carbons (Fsp3) is 0.167. The zero-order chi connectivity index (χ0) is 21.0. The van der Waals surface area contributed by atoms with Gasteiger partial charge in [0.05, 0.1) is 17.6 Å². The molecule has 0 spiro atoms. The summed E-state index contributed by atoms with van der Waals surface area (Å²) >= 11 is 6.71. The largest absolute Gasteiger partial charge is 0.475 e. The number of amides is 1. The lowest BCUT2D eigenvalue weighted by Crippen LogP contribution is -2.28. The minimum Gasteiger partial charge on any atom is -0.475 e. The summed E-state index contributed by atoms with van der Waals surface area (Å²) in [5.41, 5.74) is 4.24. The topological polar surface area (TPSA) is 90.1 Å². The van der Waals surface area contributed by atoms with E-state index in [1.165, 1.54) is 6.20 Å². The number of ether oxygens (including phenoxy) is 1. The van der Waals surface area contributed by atoms with Crippen molar-refractivity contribution in [3.8, 4) is 16.3 Å². The molecule has 6 nitrogen and oxygen atoms in total. The van der Waals surface area contributed by atoms with Gasteiger partial charge in [-0.15, -0.1) is 11.6 Å². The quantitative estimate of drug-likeness (QED) is 0.543. The first-order chi connectivity index (χ1) is 13.9. The Balaban J connectivity index is 1.88. The normalized spacial score (nSPS) is 11.9. The van der Waals surface area contributed by atoms with Gasteiger partial charge in [-0.1, -0.05) is 6.07 Å². The predicted molar refractivity (Wildman–Crippen MR) is 104 cm³/mol. The molecule has 0 aliphatic heterocycles. The van der Waals surface area contributed by atoms with Gasteiger partial charge in [0.25, 0.3) is 5.91 Å². The van der Waals surface area contributed by atoms with Crippen molar-refractivity contribution in [2.24, 2.45) is 5.73 Å². The lowest BCUT2D eigenvalue weighted by molar-refractivity contribution is 0.102. The summed E-state index contributed by atoms with van der Waals surface area (Å²) in [6.07, 6.45) is 0.869. The van der Waals surface area contributed by atoms with E-state index in [1.54, 1.807) is 0 Å². The van der Waals surface area contributed by atoms with E-state index in [-0.39, 0.29) is 28.9 Å². The molecule has 0 saturated carbocycles. The maximum absolute atomic E-state index is 14.2. The molecule has 11 heteroatoms. The summed E-state index contributed by atoms with van der Waals surface area (Å²) in [6.45, 7) is 0.159.